The van der Waals surface area contributed by atoms with Gasteiger partial charge in [0.2, 0.25) is 11.9 Å². The normalized spacial score (nSPS) is 16.4. The molecule has 0 spiro atoms. The van der Waals surface area contributed by atoms with Crippen LogP contribution in [-0.4, -0.2) is 58.6 Å². The minimum Gasteiger partial charge on any atom is -0.342 e. The molecule has 44 heavy (non-hydrogen) atoms. The summed E-state index contributed by atoms with van der Waals surface area (Å²) in [5.74, 6) is 0.923. The Bertz CT molecular complexity index is 1670. The fourth-order valence-electron chi connectivity index (χ4n) is 5.71. The topological polar surface area (TPSA) is 94.7 Å². The average Bonchev–Trinajstić information content (AvgIpc) is 3.38. The van der Waals surface area contributed by atoms with Crippen LogP contribution in [0.25, 0.3) is 11.0 Å². The van der Waals surface area contributed by atoms with Crippen LogP contribution < -0.4 is 15.4 Å². The van der Waals surface area contributed by atoms with Gasteiger partial charge in [0.05, 0.1) is 24.2 Å². The molecule has 10 nitrogen and oxygen atoms in total. The van der Waals surface area contributed by atoms with Crippen LogP contribution in [-0.2, 0) is 20.2 Å². The second-order valence-corrected chi connectivity index (χ2v) is 13.8. The van der Waals surface area contributed by atoms with Crippen molar-refractivity contribution in [1.29, 1.82) is 0 Å². The van der Waals surface area contributed by atoms with Gasteiger partial charge in [0, 0.05) is 45.1 Å². The lowest BCUT2D eigenvalue weighted by Crippen LogP contribution is -2.46. The third kappa shape index (κ3) is 7.06. The number of aromatic nitrogens is 4. The molecule has 0 saturated carbocycles. The summed E-state index contributed by atoms with van der Waals surface area (Å²) >= 11 is 0. The highest BCUT2D eigenvalue weighted by molar-refractivity contribution is 7.52. The molecular weight excluding hydrogens is 582 g/mol. The molecule has 1 aliphatic heterocycles. The van der Waals surface area contributed by atoms with Gasteiger partial charge < -0.3 is 18.9 Å². The van der Waals surface area contributed by atoms with Gasteiger partial charge >= 0.3 is 7.60 Å². The first-order valence-corrected chi connectivity index (χ1v) is 17.2. The highest BCUT2D eigenvalue weighted by atomic mass is 31.2. The van der Waals surface area contributed by atoms with Crippen molar-refractivity contribution in [3.05, 3.63) is 82.5 Å². The van der Waals surface area contributed by atoms with E-state index in [1.165, 1.54) is 35.6 Å². The molecule has 0 aliphatic carbocycles. The van der Waals surface area contributed by atoms with Crippen molar-refractivity contribution in [2.75, 3.05) is 43.2 Å². The van der Waals surface area contributed by atoms with Gasteiger partial charge in [-0.3, -0.25) is 18.5 Å². The maximum atomic E-state index is 13.6. The van der Waals surface area contributed by atoms with E-state index in [1.54, 1.807) is 0 Å². The first kappa shape index (κ1) is 31.9. The van der Waals surface area contributed by atoms with Gasteiger partial charge in [-0.05, 0) is 55.0 Å². The molecule has 0 bridgehead atoms. The van der Waals surface area contributed by atoms with E-state index in [-0.39, 0.29) is 23.3 Å². The average molecular weight is 625 g/mol. The summed E-state index contributed by atoms with van der Waals surface area (Å²) in [6.45, 7) is 9.61. The van der Waals surface area contributed by atoms with Crippen LogP contribution >= 0.6 is 7.60 Å². The highest BCUT2D eigenvalue weighted by Crippen LogP contribution is 2.49. The molecule has 0 N–H and O–H groups in total. The largest absolute Gasteiger partial charge is 0.342 e. The Morgan fingerprint density at radius 2 is 1.80 bits per heavy atom. The molecule has 0 radical (unpaired) electrons. The Balaban J connectivity index is 1.37. The Morgan fingerprint density at radius 3 is 2.48 bits per heavy atom. The van der Waals surface area contributed by atoms with E-state index in [0.29, 0.717) is 25.5 Å². The predicted octanol–water partition coefficient (Wildman–Crippen LogP) is 6.31. The second kappa shape index (κ2) is 13.6. The first-order chi connectivity index (χ1) is 21.1. The summed E-state index contributed by atoms with van der Waals surface area (Å²) in [6.07, 6.45) is 3.01. The van der Waals surface area contributed by atoms with Gasteiger partial charge in [-0.25, -0.2) is 14.4 Å². The number of fused-ring (bicyclic) bond motifs is 1. The number of imidazole rings is 1. The lowest BCUT2D eigenvalue weighted by Gasteiger charge is -2.39. The van der Waals surface area contributed by atoms with Crippen molar-refractivity contribution in [3.63, 3.8) is 0 Å². The molecule has 12 heteroatoms. The standard InChI is InChI=1S/C32H42FN6O4P/c1-6-21-42-44(5,41)43-30(23(2)3)39-29(40)15-18-34-31(39)36(4)26-16-19-37(20-17-26)32-35-27-9-7-8-10-28(27)38(32)22-24-11-13-25(33)14-12-24/h7-15,18,23,26,30H,6,16-17,19-22H2,1-5H3. The molecule has 3 heterocycles. The first-order valence-electron chi connectivity index (χ1n) is 15.2. The van der Waals surface area contributed by atoms with Crippen LogP contribution in [0.3, 0.4) is 0 Å². The van der Waals surface area contributed by atoms with E-state index in [1.807, 2.05) is 63.1 Å². The summed E-state index contributed by atoms with van der Waals surface area (Å²) in [5.41, 5.74) is 2.66. The maximum absolute atomic E-state index is 13.6. The third-order valence-corrected chi connectivity index (χ3v) is 9.26. The SMILES string of the molecule is CCCOP(C)(=O)OC(C(C)C)n1c(N(C)C2CCN(c3nc4ccccc4n3Cc3ccc(F)cc3)CC2)nccc1=O. The number of benzene rings is 2. The lowest BCUT2D eigenvalue weighted by atomic mass is 10.0. The van der Waals surface area contributed by atoms with Crippen LogP contribution in [0.15, 0.2) is 65.6 Å². The van der Waals surface area contributed by atoms with E-state index in [0.717, 1.165) is 48.5 Å². The van der Waals surface area contributed by atoms with Gasteiger partial charge in [0.1, 0.15) is 5.82 Å². The van der Waals surface area contributed by atoms with Crippen molar-refractivity contribution in [2.45, 2.75) is 58.8 Å². The van der Waals surface area contributed by atoms with Crippen LogP contribution in [0.2, 0.25) is 0 Å². The number of hydrogen-bond donors (Lipinski definition) is 0. The van der Waals surface area contributed by atoms with Gasteiger partial charge in [0.15, 0.2) is 6.23 Å². The van der Waals surface area contributed by atoms with Crippen molar-refractivity contribution >= 4 is 30.5 Å². The molecule has 1 aliphatic rings. The molecule has 2 aromatic heterocycles. The third-order valence-electron chi connectivity index (χ3n) is 8.01. The number of hydrogen-bond acceptors (Lipinski definition) is 8. The molecule has 2 atom stereocenters. The number of halogens is 1. The minimum atomic E-state index is -3.41. The lowest BCUT2D eigenvalue weighted by molar-refractivity contribution is 0.0579. The number of nitrogens with zero attached hydrogens (tertiary/aromatic N) is 6. The minimum absolute atomic E-state index is 0.0966. The number of rotatable bonds is 12. The van der Waals surface area contributed by atoms with E-state index < -0.39 is 13.8 Å². The van der Waals surface area contributed by atoms with Crippen molar-refractivity contribution in [2.24, 2.45) is 5.92 Å². The zero-order valence-electron chi connectivity index (χ0n) is 26.1. The molecule has 1 fully saturated rings. The second-order valence-electron chi connectivity index (χ2n) is 11.7. The molecule has 4 aromatic rings. The van der Waals surface area contributed by atoms with E-state index in [9.17, 15) is 13.8 Å². The Labute approximate surface area is 258 Å². The Kier molecular flexibility index (Phi) is 9.87. The molecule has 2 aromatic carbocycles. The smallest absolute Gasteiger partial charge is 0.329 e. The highest BCUT2D eigenvalue weighted by Gasteiger charge is 2.33. The molecule has 0 amide bonds. The van der Waals surface area contributed by atoms with Gasteiger partial charge in [-0.15, -0.1) is 0 Å². The van der Waals surface area contributed by atoms with Crippen LogP contribution in [0.1, 0.15) is 51.8 Å². The summed E-state index contributed by atoms with van der Waals surface area (Å²) < 4.78 is 41.9. The summed E-state index contributed by atoms with van der Waals surface area (Å²) in [4.78, 5) is 27.2. The maximum Gasteiger partial charge on any atom is 0.329 e. The Morgan fingerprint density at radius 1 is 1.09 bits per heavy atom. The van der Waals surface area contributed by atoms with Gasteiger partial charge in [0.25, 0.3) is 5.56 Å². The van der Waals surface area contributed by atoms with E-state index in [4.69, 9.17) is 14.0 Å². The Hall–Kier alpha value is -3.53. The van der Waals surface area contributed by atoms with Crippen molar-refractivity contribution in [3.8, 4) is 0 Å². The number of piperidine rings is 1. The van der Waals surface area contributed by atoms with Gasteiger partial charge in [-0.2, -0.15) is 0 Å². The predicted molar refractivity (Wildman–Crippen MR) is 172 cm³/mol. The quantitative estimate of drug-likeness (QED) is 0.170. The van der Waals surface area contributed by atoms with E-state index in [2.05, 4.69) is 20.5 Å². The molecule has 2 unspecified atom stereocenters. The van der Waals surface area contributed by atoms with Crippen molar-refractivity contribution < 1.29 is 18.0 Å². The molecule has 5 rings (SSSR count). The molecule has 236 valence electrons. The van der Waals surface area contributed by atoms with Crippen molar-refractivity contribution in [1.82, 2.24) is 19.1 Å². The van der Waals surface area contributed by atoms with E-state index >= 15 is 0 Å². The van der Waals surface area contributed by atoms with Crippen LogP contribution in [0.5, 0.6) is 0 Å². The summed E-state index contributed by atoms with van der Waals surface area (Å²) in [7, 11) is -1.47. The van der Waals surface area contributed by atoms with Crippen LogP contribution in [0, 0.1) is 11.7 Å². The van der Waals surface area contributed by atoms with Gasteiger partial charge in [-0.1, -0.05) is 45.0 Å². The number of anilines is 2. The number of para-hydroxylation sites is 2. The van der Waals surface area contributed by atoms with Crippen LogP contribution in [0.4, 0.5) is 16.3 Å². The summed E-state index contributed by atoms with van der Waals surface area (Å²) in [5, 5.41) is 0. The fourth-order valence-corrected chi connectivity index (χ4v) is 7.01. The fraction of sp³-hybridized carbons (Fsp3) is 0.469. The molecule has 1 saturated heterocycles. The monoisotopic (exact) mass is 624 g/mol. The summed E-state index contributed by atoms with van der Waals surface area (Å²) in [6, 6.07) is 16.1. The zero-order valence-corrected chi connectivity index (χ0v) is 27.0. The zero-order chi connectivity index (χ0) is 31.4. The molecular formula is C32H42FN6O4P.